The number of aromatic nitrogens is 2. The zero-order chi connectivity index (χ0) is 16.0. The van der Waals surface area contributed by atoms with E-state index < -0.39 is 18.3 Å². The number of aliphatic hydroxyl groups is 1. The molecular weight excluding hydrogens is 285 g/mol. The third-order valence-electron chi connectivity index (χ3n) is 2.06. The van der Waals surface area contributed by atoms with Crippen LogP contribution in [0.2, 0.25) is 0 Å². The lowest BCUT2D eigenvalue weighted by atomic mass is 10.1. The van der Waals surface area contributed by atoms with Crippen LogP contribution in [0.1, 0.15) is 32.2 Å². The normalized spacial score (nSPS) is 11.2. The Bertz CT molecular complexity index is 545. The van der Waals surface area contributed by atoms with Crippen LogP contribution in [0, 0.1) is 5.92 Å². The molecule has 1 aromatic heterocycles. The summed E-state index contributed by atoms with van der Waals surface area (Å²) in [5.41, 5.74) is -0.381. The maximum absolute atomic E-state index is 12.3. The second-order valence-electron chi connectivity index (χ2n) is 4.97. The molecule has 0 saturated heterocycles. The van der Waals surface area contributed by atoms with Crippen LogP contribution in [0.15, 0.2) is 28.7 Å². The number of hydrogen-bond donors (Lipinski definition) is 1. The minimum Gasteiger partial charge on any atom is -0.418 e. The van der Waals surface area contributed by atoms with Gasteiger partial charge in [-0.3, -0.25) is 0 Å². The molecule has 116 valence electrons. The molecule has 0 aliphatic rings. The molecular formula is C14H17F3N2O2. The maximum atomic E-state index is 12.3. The van der Waals surface area contributed by atoms with E-state index in [1.807, 2.05) is 0 Å². The predicted molar refractivity (Wildman–Crippen MR) is 71.2 cm³/mol. The number of alkyl halides is 3. The molecule has 2 rings (SSSR count). The zero-order valence-electron chi connectivity index (χ0n) is 12.0. The Labute approximate surface area is 120 Å². The Hall–Kier alpha value is -1.89. The molecule has 4 nitrogen and oxygen atoms in total. The van der Waals surface area contributed by atoms with E-state index in [4.69, 9.17) is 9.52 Å². The molecule has 1 heterocycles. The molecule has 0 unspecified atom stereocenters. The topological polar surface area (TPSA) is 59.2 Å². The van der Waals surface area contributed by atoms with Gasteiger partial charge in [-0.25, -0.2) is 0 Å². The lowest BCUT2D eigenvalue weighted by molar-refractivity contribution is -0.137. The monoisotopic (exact) mass is 302 g/mol. The minimum absolute atomic E-state index is 0.0138. The summed E-state index contributed by atoms with van der Waals surface area (Å²) in [6.07, 6.45) is -4.37. The highest BCUT2D eigenvalue weighted by molar-refractivity contribution is 5.53. The predicted octanol–water partition coefficient (Wildman–Crippen LogP) is 3.91. The Morgan fingerprint density at radius 3 is 2.00 bits per heavy atom. The van der Waals surface area contributed by atoms with Crippen molar-refractivity contribution in [3.63, 3.8) is 0 Å². The van der Waals surface area contributed by atoms with Gasteiger partial charge in [0.15, 0.2) is 0 Å². The molecule has 0 radical (unpaired) electrons. The van der Waals surface area contributed by atoms with Crippen LogP contribution < -0.4 is 0 Å². The largest absolute Gasteiger partial charge is 0.418 e. The Morgan fingerprint density at radius 2 is 1.62 bits per heavy atom. The highest BCUT2D eigenvalue weighted by atomic mass is 19.4. The number of aliphatic hydroxyl groups excluding tert-OH is 1. The molecule has 0 aliphatic heterocycles. The van der Waals surface area contributed by atoms with Gasteiger partial charge in [0, 0.05) is 5.56 Å². The summed E-state index contributed by atoms with van der Waals surface area (Å²) in [6, 6.07) is 4.32. The minimum atomic E-state index is -4.37. The Balaban J connectivity index is 0.000000491. The molecule has 1 aromatic carbocycles. The first-order valence-electron chi connectivity index (χ1n) is 6.35. The summed E-state index contributed by atoms with van der Waals surface area (Å²) in [5, 5.41) is 15.8. The first-order chi connectivity index (χ1) is 9.74. The van der Waals surface area contributed by atoms with Gasteiger partial charge in [-0.05, 0) is 30.2 Å². The second kappa shape index (κ2) is 7.21. The third-order valence-corrected chi connectivity index (χ3v) is 2.06. The highest BCUT2D eigenvalue weighted by Gasteiger charge is 2.30. The molecule has 1 N–H and O–H groups in total. The van der Waals surface area contributed by atoms with Crippen LogP contribution in [-0.2, 0) is 12.8 Å². The van der Waals surface area contributed by atoms with E-state index >= 15 is 0 Å². The SMILES string of the molecule is CC(C)C.OCc1nnc(-c2ccc(C(F)(F)F)cc2)o1. The maximum Gasteiger partial charge on any atom is 0.416 e. The molecule has 0 saturated carbocycles. The molecule has 0 amide bonds. The van der Waals surface area contributed by atoms with Gasteiger partial charge in [-0.2, -0.15) is 13.2 Å². The van der Waals surface area contributed by atoms with Crippen LogP contribution in [0.5, 0.6) is 0 Å². The van der Waals surface area contributed by atoms with Gasteiger partial charge in [-0.1, -0.05) is 20.8 Å². The molecule has 2 aromatic rings. The summed E-state index contributed by atoms with van der Waals surface area (Å²) in [6.45, 7) is 6.09. The van der Waals surface area contributed by atoms with Crippen molar-refractivity contribution in [2.75, 3.05) is 0 Å². The third kappa shape index (κ3) is 5.55. The van der Waals surface area contributed by atoms with Crippen LogP contribution in [0.4, 0.5) is 13.2 Å². The Morgan fingerprint density at radius 1 is 1.10 bits per heavy atom. The van der Waals surface area contributed by atoms with Crippen LogP contribution in [-0.4, -0.2) is 15.3 Å². The van der Waals surface area contributed by atoms with Crippen molar-refractivity contribution in [3.8, 4) is 11.5 Å². The number of halogens is 3. The van der Waals surface area contributed by atoms with Crippen LogP contribution in [0.25, 0.3) is 11.5 Å². The van der Waals surface area contributed by atoms with Crippen molar-refractivity contribution in [2.24, 2.45) is 5.92 Å². The van der Waals surface area contributed by atoms with E-state index in [-0.39, 0.29) is 11.8 Å². The van der Waals surface area contributed by atoms with Gasteiger partial charge in [0.25, 0.3) is 0 Å². The molecule has 0 bridgehead atoms. The first kappa shape index (κ1) is 17.2. The van der Waals surface area contributed by atoms with E-state index in [0.29, 0.717) is 5.56 Å². The molecule has 0 fully saturated rings. The first-order valence-corrected chi connectivity index (χ1v) is 6.35. The van der Waals surface area contributed by atoms with Crippen molar-refractivity contribution in [3.05, 3.63) is 35.7 Å². The van der Waals surface area contributed by atoms with Gasteiger partial charge in [-0.15, -0.1) is 10.2 Å². The summed E-state index contributed by atoms with van der Waals surface area (Å²) >= 11 is 0. The van der Waals surface area contributed by atoms with Crippen molar-refractivity contribution in [1.29, 1.82) is 0 Å². The summed E-state index contributed by atoms with van der Waals surface area (Å²) in [7, 11) is 0. The molecule has 0 spiro atoms. The van der Waals surface area contributed by atoms with Gasteiger partial charge in [0.2, 0.25) is 11.8 Å². The average Bonchev–Trinajstić information content (AvgIpc) is 2.86. The molecule has 21 heavy (non-hydrogen) atoms. The fourth-order valence-electron chi connectivity index (χ4n) is 1.24. The fourth-order valence-corrected chi connectivity index (χ4v) is 1.24. The van der Waals surface area contributed by atoms with Gasteiger partial charge in [0.05, 0.1) is 5.56 Å². The van der Waals surface area contributed by atoms with E-state index in [1.54, 1.807) is 0 Å². The van der Waals surface area contributed by atoms with Crippen molar-refractivity contribution < 1.29 is 22.7 Å². The molecule has 7 heteroatoms. The highest BCUT2D eigenvalue weighted by Crippen LogP contribution is 2.30. The van der Waals surface area contributed by atoms with Gasteiger partial charge in [0.1, 0.15) is 6.61 Å². The zero-order valence-corrected chi connectivity index (χ0v) is 12.0. The number of hydrogen-bond acceptors (Lipinski definition) is 4. The van der Waals surface area contributed by atoms with Gasteiger partial charge < -0.3 is 9.52 Å². The lowest BCUT2D eigenvalue weighted by Crippen LogP contribution is -2.03. The lowest BCUT2D eigenvalue weighted by Gasteiger charge is -2.05. The van der Waals surface area contributed by atoms with E-state index in [1.165, 1.54) is 12.1 Å². The number of rotatable bonds is 2. The van der Waals surface area contributed by atoms with Gasteiger partial charge >= 0.3 is 6.18 Å². The number of benzene rings is 1. The summed E-state index contributed by atoms with van der Waals surface area (Å²) in [5.74, 6) is 0.919. The summed E-state index contributed by atoms with van der Waals surface area (Å²) < 4.78 is 41.9. The standard InChI is InChI=1S/C10H7F3N2O2.C4H10/c11-10(12,13)7-3-1-6(2-4-7)9-15-14-8(5-16)17-9;1-4(2)3/h1-4,16H,5H2;4H,1-3H3. The Kier molecular flexibility index (Phi) is 5.90. The van der Waals surface area contributed by atoms with Crippen molar-refractivity contribution in [1.82, 2.24) is 10.2 Å². The van der Waals surface area contributed by atoms with Crippen molar-refractivity contribution >= 4 is 0 Å². The molecule has 0 aliphatic carbocycles. The van der Waals surface area contributed by atoms with E-state index in [9.17, 15) is 13.2 Å². The number of nitrogens with zero attached hydrogens (tertiary/aromatic N) is 2. The van der Waals surface area contributed by atoms with E-state index in [0.717, 1.165) is 18.1 Å². The molecule has 0 atom stereocenters. The summed E-state index contributed by atoms with van der Waals surface area (Å²) in [4.78, 5) is 0. The van der Waals surface area contributed by atoms with E-state index in [2.05, 4.69) is 31.0 Å². The van der Waals surface area contributed by atoms with Crippen LogP contribution in [0.3, 0.4) is 0 Å². The second-order valence-corrected chi connectivity index (χ2v) is 4.97. The van der Waals surface area contributed by atoms with Crippen molar-refractivity contribution in [2.45, 2.75) is 33.6 Å². The quantitative estimate of drug-likeness (QED) is 0.913. The fraction of sp³-hybridized carbons (Fsp3) is 0.429. The smallest absolute Gasteiger partial charge is 0.416 e. The average molecular weight is 302 g/mol. The van der Waals surface area contributed by atoms with Crippen LogP contribution >= 0.6 is 0 Å².